The standard InChI is InChI=1S/C29H34N4O5S/c1-22-9-12-26(13-10-22)39(35,36)33(27-19-25(37-2)11-14-28(27)38-3)21-29(34)31-30-24-15-17-32(18-16-24)20-23-7-5-4-6-8-23/h4-14,19H,15-18,20-21H2,1-3H3,(H,31,34). The van der Waals surface area contributed by atoms with Crippen molar-refractivity contribution in [3.8, 4) is 11.5 Å². The Labute approximate surface area is 230 Å². The van der Waals surface area contributed by atoms with Gasteiger partial charge in [0.25, 0.3) is 15.9 Å². The zero-order valence-corrected chi connectivity index (χ0v) is 23.3. The lowest BCUT2D eigenvalue weighted by atomic mass is 10.1. The number of sulfonamides is 1. The van der Waals surface area contributed by atoms with Gasteiger partial charge in [0.15, 0.2) is 0 Å². The fourth-order valence-electron chi connectivity index (χ4n) is 4.36. The summed E-state index contributed by atoms with van der Waals surface area (Å²) < 4.78 is 39.3. The van der Waals surface area contributed by atoms with E-state index in [2.05, 4.69) is 27.6 Å². The van der Waals surface area contributed by atoms with Crippen LogP contribution in [-0.4, -0.2) is 58.8 Å². The molecular formula is C29H34N4O5S. The summed E-state index contributed by atoms with van der Waals surface area (Å²) in [4.78, 5) is 15.5. The molecule has 0 atom stereocenters. The number of rotatable bonds is 10. The van der Waals surface area contributed by atoms with E-state index in [1.54, 1.807) is 24.3 Å². The second kappa shape index (κ2) is 12.8. The lowest BCUT2D eigenvalue weighted by Crippen LogP contribution is -2.40. The SMILES string of the molecule is COc1ccc(OC)c(N(CC(=O)NN=C2CCN(Cc3ccccc3)CC2)S(=O)(=O)c2ccc(C)cc2)c1. The van der Waals surface area contributed by atoms with E-state index in [1.165, 1.54) is 38.0 Å². The van der Waals surface area contributed by atoms with Crippen molar-refractivity contribution in [3.63, 3.8) is 0 Å². The summed E-state index contributed by atoms with van der Waals surface area (Å²) in [6.45, 7) is 3.92. The lowest BCUT2D eigenvalue weighted by molar-refractivity contribution is -0.119. The Hall–Kier alpha value is -3.89. The molecule has 0 spiro atoms. The Bertz CT molecular complexity index is 1400. The minimum atomic E-state index is -4.12. The van der Waals surface area contributed by atoms with Crippen LogP contribution in [0, 0.1) is 6.92 Å². The summed E-state index contributed by atoms with van der Waals surface area (Å²) in [6.07, 6.45) is 1.45. The molecule has 3 aromatic carbocycles. The number of benzene rings is 3. The number of methoxy groups -OCH3 is 2. The van der Waals surface area contributed by atoms with Gasteiger partial charge in [-0.2, -0.15) is 5.10 Å². The van der Waals surface area contributed by atoms with Crippen LogP contribution >= 0.6 is 0 Å². The molecule has 0 unspecified atom stereocenters. The van der Waals surface area contributed by atoms with Crippen molar-refractivity contribution in [1.29, 1.82) is 0 Å². The van der Waals surface area contributed by atoms with Crippen molar-refractivity contribution < 1.29 is 22.7 Å². The molecule has 1 fully saturated rings. The zero-order valence-electron chi connectivity index (χ0n) is 22.5. The molecule has 1 amide bonds. The minimum absolute atomic E-state index is 0.0582. The van der Waals surface area contributed by atoms with Crippen LogP contribution in [0.3, 0.4) is 0 Å². The zero-order chi connectivity index (χ0) is 27.8. The number of piperidine rings is 1. The first-order chi connectivity index (χ1) is 18.8. The van der Waals surface area contributed by atoms with Gasteiger partial charge < -0.3 is 9.47 Å². The van der Waals surface area contributed by atoms with Crippen molar-refractivity contribution in [2.45, 2.75) is 31.2 Å². The molecular weight excluding hydrogens is 516 g/mol. The highest BCUT2D eigenvalue weighted by molar-refractivity contribution is 7.92. The monoisotopic (exact) mass is 550 g/mol. The van der Waals surface area contributed by atoms with Crippen molar-refractivity contribution in [2.24, 2.45) is 5.10 Å². The van der Waals surface area contributed by atoms with E-state index in [0.717, 1.165) is 48.1 Å². The van der Waals surface area contributed by atoms with Crippen LogP contribution in [0.25, 0.3) is 0 Å². The van der Waals surface area contributed by atoms with E-state index in [9.17, 15) is 13.2 Å². The molecule has 3 aromatic rings. The van der Waals surface area contributed by atoms with Gasteiger partial charge >= 0.3 is 0 Å². The van der Waals surface area contributed by atoms with Gasteiger partial charge in [0, 0.05) is 44.3 Å². The maximum absolute atomic E-state index is 13.7. The number of hydrogen-bond acceptors (Lipinski definition) is 7. The molecule has 0 aliphatic carbocycles. The third kappa shape index (κ3) is 7.15. The predicted molar refractivity (Wildman–Crippen MR) is 152 cm³/mol. The lowest BCUT2D eigenvalue weighted by Gasteiger charge is -2.28. The largest absolute Gasteiger partial charge is 0.497 e. The quantitative estimate of drug-likeness (QED) is 0.384. The Balaban J connectivity index is 1.50. The Kier molecular flexibility index (Phi) is 9.21. The fraction of sp³-hybridized carbons (Fsp3) is 0.310. The number of ether oxygens (including phenoxy) is 2. The highest BCUT2D eigenvalue weighted by Crippen LogP contribution is 2.35. The molecule has 4 rings (SSSR count). The molecule has 39 heavy (non-hydrogen) atoms. The van der Waals surface area contributed by atoms with Crippen molar-refractivity contribution in [2.75, 3.05) is 38.2 Å². The summed E-state index contributed by atoms with van der Waals surface area (Å²) in [5.41, 5.74) is 5.81. The Morgan fingerprint density at radius 2 is 1.67 bits per heavy atom. The number of carbonyl (C=O) groups is 1. The predicted octanol–water partition coefficient (Wildman–Crippen LogP) is 3.98. The van der Waals surface area contributed by atoms with Crippen LogP contribution in [-0.2, 0) is 21.4 Å². The number of likely N-dealkylation sites (tertiary alicyclic amines) is 1. The third-order valence-corrected chi connectivity index (χ3v) is 8.35. The molecule has 1 heterocycles. The number of carbonyl (C=O) groups excluding carboxylic acids is 1. The second-order valence-electron chi connectivity index (χ2n) is 9.34. The van der Waals surface area contributed by atoms with Gasteiger partial charge in [-0.3, -0.25) is 14.0 Å². The third-order valence-electron chi connectivity index (χ3n) is 6.57. The molecule has 0 bridgehead atoms. The molecule has 0 radical (unpaired) electrons. The van der Waals surface area contributed by atoms with Crippen LogP contribution in [0.15, 0.2) is 82.8 Å². The number of hydrazone groups is 1. The van der Waals surface area contributed by atoms with Gasteiger partial charge in [-0.15, -0.1) is 0 Å². The average molecular weight is 551 g/mol. The van der Waals surface area contributed by atoms with Crippen LogP contribution in [0.2, 0.25) is 0 Å². The number of hydrogen-bond donors (Lipinski definition) is 1. The van der Waals surface area contributed by atoms with Crippen LogP contribution in [0.4, 0.5) is 5.69 Å². The van der Waals surface area contributed by atoms with E-state index in [0.29, 0.717) is 5.75 Å². The van der Waals surface area contributed by atoms with Crippen molar-refractivity contribution in [3.05, 3.63) is 83.9 Å². The molecule has 206 valence electrons. The number of nitrogens with zero attached hydrogens (tertiary/aromatic N) is 3. The van der Waals surface area contributed by atoms with E-state index in [4.69, 9.17) is 9.47 Å². The topological polar surface area (TPSA) is 101 Å². The van der Waals surface area contributed by atoms with Crippen molar-refractivity contribution >= 4 is 27.3 Å². The highest BCUT2D eigenvalue weighted by atomic mass is 32.2. The van der Waals surface area contributed by atoms with E-state index < -0.39 is 22.5 Å². The fourth-order valence-corrected chi connectivity index (χ4v) is 5.78. The molecule has 9 nitrogen and oxygen atoms in total. The van der Waals surface area contributed by atoms with Gasteiger partial charge in [-0.1, -0.05) is 48.0 Å². The minimum Gasteiger partial charge on any atom is -0.497 e. The Morgan fingerprint density at radius 1 is 0.974 bits per heavy atom. The molecule has 10 heteroatoms. The molecule has 0 saturated carbocycles. The van der Waals surface area contributed by atoms with Gasteiger partial charge in [0.05, 0.1) is 24.8 Å². The summed E-state index contributed by atoms with van der Waals surface area (Å²) in [7, 11) is -1.19. The summed E-state index contributed by atoms with van der Waals surface area (Å²) in [5, 5.41) is 4.33. The van der Waals surface area contributed by atoms with Crippen molar-refractivity contribution in [1.82, 2.24) is 10.3 Å². The normalized spacial score (nSPS) is 14.0. The van der Waals surface area contributed by atoms with Gasteiger partial charge in [0.2, 0.25) is 0 Å². The smallest absolute Gasteiger partial charge is 0.264 e. The first-order valence-corrected chi connectivity index (χ1v) is 14.2. The first-order valence-electron chi connectivity index (χ1n) is 12.7. The second-order valence-corrected chi connectivity index (χ2v) is 11.2. The van der Waals surface area contributed by atoms with E-state index >= 15 is 0 Å². The summed E-state index contributed by atoms with van der Waals surface area (Å²) in [6, 6.07) is 21.6. The Morgan fingerprint density at radius 3 is 2.31 bits per heavy atom. The summed E-state index contributed by atoms with van der Waals surface area (Å²) in [5.74, 6) is 0.156. The van der Waals surface area contributed by atoms with Gasteiger partial charge in [-0.05, 0) is 36.8 Å². The molecule has 1 aliphatic heterocycles. The molecule has 1 saturated heterocycles. The molecule has 1 aliphatic rings. The van der Waals surface area contributed by atoms with Crippen LogP contribution in [0.5, 0.6) is 11.5 Å². The number of anilines is 1. The number of aryl methyl sites for hydroxylation is 1. The van der Waals surface area contributed by atoms with Gasteiger partial charge in [-0.25, -0.2) is 13.8 Å². The average Bonchev–Trinajstić information content (AvgIpc) is 2.96. The van der Waals surface area contributed by atoms with E-state index in [-0.39, 0.29) is 16.3 Å². The highest BCUT2D eigenvalue weighted by Gasteiger charge is 2.30. The molecule has 1 N–H and O–H groups in total. The maximum atomic E-state index is 13.7. The molecule has 0 aromatic heterocycles. The number of nitrogens with one attached hydrogen (secondary N) is 1. The first kappa shape index (κ1) is 28.1. The van der Waals surface area contributed by atoms with Crippen LogP contribution in [0.1, 0.15) is 24.0 Å². The number of amides is 1. The summed E-state index contributed by atoms with van der Waals surface area (Å²) >= 11 is 0. The maximum Gasteiger partial charge on any atom is 0.264 e. The van der Waals surface area contributed by atoms with Gasteiger partial charge in [0.1, 0.15) is 18.0 Å². The van der Waals surface area contributed by atoms with E-state index in [1.807, 2.05) is 25.1 Å². The van der Waals surface area contributed by atoms with Crippen LogP contribution < -0.4 is 19.2 Å².